The molecule has 0 bridgehead atoms. The van der Waals surface area contributed by atoms with Crippen LogP contribution in [0.15, 0.2) is 54.6 Å². The second-order valence-corrected chi connectivity index (χ2v) is 7.88. The fraction of sp³-hybridized carbons (Fsp3) is 0.316. The summed E-state index contributed by atoms with van der Waals surface area (Å²) in [7, 11) is -3.59. The lowest BCUT2D eigenvalue weighted by molar-refractivity contribution is 0.179. The molecule has 0 aliphatic rings. The van der Waals surface area contributed by atoms with E-state index in [-0.39, 0.29) is 17.8 Å². The Balaban J connectivity index is 2.05. The van der Waals surface area contributed by atoms with Gasteiger partial charge in [0.2, 0.25) is 0 Å². The Hall–Kier alpha value is -2.54. The minimum Gasteiger partial charge on any atom is -0.383 e. The highest BCUT2D eigenvalue weighted by Gasteiger charge is 2.17. The molecule has 0 radical (unpaired) electrons. The van der Waals surface area contributed by atoms with Gasteiger partial charge in [-0.25, -0.2) is 4.79 Å². The van der Waals surface area contributed by atoms with E-state index in [9.17, 15) is 13.2 Å². The molecule has 0 saturated heterocycles. The van der Waals surface area contributed by atoms with Crippen LogP contribution < -0.4 is 9.50 Å². The fourth-order valence-corrected chi connectivity index (χ4v) is 2.88. The number of nitrogens with one attached hydrogen (secondary N) is 1. The monoisotopic (exact) mass is 376 g/mol. The highest BCUT2D eigenvalue weighted by molar-refractivity contribution is 7.86. The van der Waals surface area contributed by atoms with Crippen LogP contribution in [0.3, 0.4) is 0 Å². The van der Waals surface area contributed by atoms with Crippen molar-refractivity contribution in [2.75, 3.05) is 6.26 Å². The van der Waals surface area contributed by atoms with Gasteiger partial charge in [0, 0.05) is 19.1 Å². The van der Waals surface area contributed by atoms with E-state index in [4.69, 9.17) is 4.18 Å². The Labute approximate surface area is 154 Å². The van der Waals surface area contributed by atoms with Gasteiger partial charge in [-0.2, -0.15) is 8.42 Å². The van der Waals surface area contributed by atoms with Gasteiger partial charge < -0.3 is 14.4 Å². The molecule has 0 saturated carbocycles. The predicted octanol–water partition coefficient (Wildman–Crippen LogP) is 3.15. The first-order valence-electron chi connectivity index (χ1n) is 8.31. The van der Waals surface area contributed by atoms with E-state index in [0.29, 0.717) is 13.1 Å². The molecule has 0 fully saturated rings. The third kappa shape index (κ3) is 6.40. The van der Waals surface area contributed by atoms with Crippen molar-refractivity contribution in [2.45, 2.75) is 33.0 Å². The molecule has 1 N–H and O–H groups in total. The van der Waals surface area contributed by atoms with Crippen LogP contribution in [-0.4, -0.2) is 31.6 Å². The summed E-state index contributed by atoms with van der Waals surface area (Å²) in [6.45, 7) is 4.65. The predicted molar refractivity (Wildman–Crippen MR) is 101 cm³/mol. The number of hydrogen-bond acceptors (Lipinski definition) is 4. The van der Waals surface area contributed by atoms with Crippen molar-refractivity contribution < 1.29 is 17.4 Å². The van der Waals surface area contributed by atoms with Crippen LogP contribution in [0.25, 0.3) is 0 Å². The molecule has 0 atom stereocenters. The summed E-state index contributed by atoms with van der Waals surface area (Å²) in [5.41, 5.74) is 1.81. The second kappa shape index (κ2) is 8.71. The lowest BCUT2D eigenvalue weighted by atomic mass is 10.2. The van der Waals surface area contributed by atoms with Gasteiger partial charge in [0.25, 0.3) is 0 Å². The number of amides is 2. The molecule has 2 aromatic carbocycles. The molecule has 140 valence electrons. The first-order chi connectivity index (χ1) is 12.2. The normalized spacial score (nSPS) is 11.2. The van der Waals surface area contributed by atoms with Crippen LogP contribution in [0.1, 0.15) is 25.0 Å². The molecule has 0 spiro atoms. The molecule has 0 aliphatic heterocycles. The summed E-state index contributed by atoms with van der Waals surface area (Å²) in [5, 5.41) is 2.91. The average Bonchev–Trinajstić information content (AvgIpc) is 2.57. The maximum absolute atomic E-state index is 12.6. The molecule has 2 amide bonds. The van der Waals surface area contributed by atoms with E-state index in [1.165, 1.54) is 0 Å². The van der Waals surface area contributed by atoms with E-state index in [2.05, 4.69) is 5.32 Å². The van der Waals surface area contributed by atoms with Gasteiger partial charge in [-0.15, -0.1) is 0 Å². The van der Waals surface area contributed by atoms with Gasteiger partial charge >= 0.3 is 16.1 Å². The zero-order valence-corrected chi connectivity index (χ0v) is 16.0. The van der Waals surface area contributed by atoms with Gasteiger partial charge in [0.15, 0.2) is 0 Å². The van der Waals surface area contributed by atoms with Crippen LogP contribution in [0, 0.1) is 0 Å². The number of carbonyl (C=O) groups excluding carboxylic acids is 1. The number of urea groups is 1. The lowest BCUT2D eigenvalue weighted by Crippen LogP contribution is -2.43. The molecule has 2 aromatic rings. The highest BCUT2D eigenvalue weighted by atomic mass is 32.2. The Morgan fingerprint density at radius 1 is 1.08 bits per heavy atom. The summed E-state index contributed by atoms with van der Waals surface area (Å²) < 4.78 is 27.5. The second-order valence-electron chi connectivity index (χ2n) is 6.30. The summed E-state index contributed by atoms with van der Waals surface area (Å²) in [5.74, 6) is 0.235. The Morgan fingerprint density at radius 3 is 2.35 bits per heavy atom. The van der Waals surface area contributed by atoms with E-state index in [0.717, 1.165) is 17.4 Å². The number of carbonyl (C=O) groups is 1. The summed E-state index contributed by atoms with van der Waals surface area (Å²) in [6, 6.07) is 16.2. The third-order valence-electron chi connectivity index (χ3n) is 3.67. The van der Waals surface area contributed by atoms with Crippen LogP contribution in [0.2, 0.25) is 0 Å². The van der Waals surface area contributed by atoms with Crippen molar-refractivity contribution in [3.63, 3.8) is 0 Å². The Morgan fingerprint density at radius 2 is 1.73 bits per heavy atom. The minimum atomic E-state index is -3.59. The molecule has 0 heterocycles. The van der Waals surface area contributed by atoms with Gasteiger partial charge in [0.1, 0.15) is 5.75 Å². The molecule has 0 aromatic heterocycles. The van der Waals surface area contributed by atoms with Crippen LogP contribution in [-0.2, 0) is 23.2 Å². The van der Waals surface area contributed by atoms with Crippen molar-refractivity contribution in [3.8, 4) is 5.75 Å². The zero-order valence-electron chi connectivity index (χ0n) is 15.2. The zero-order chi connectivity index (χ0) is 19.2. The Kier molecular flexibility index (Phi) is 6.63. The van der Waals surface area contributed by atoms with E-state index >= 15 is 0 Å². The van der Waals surface area contributed by atoms with Gasteiger partial charge in [-0.3, -0.25) is 0 Å². The van der Waals surface area contributed by atoms with Gasteiger partial charge in [0.05, 0.1) is 6.26 Å². The average molecular weight is 376 g/mol. The maximum atomic E-state index is 12.6. The van der Waals surface area contributed by atoms with Crippen molar-refractivity contribution in [1.29, 1.82) is 0 Å². The van der Waals surface area contributed by atoms with Crippen LogP contribution >= 0.6 is 0 Å². The minimum absolute atomic E-state index is 0.0229. The van der Waals surface area contributed by atoms with Crippen molar-refractivity contribution in [3.05, 3.63) is 65.7 Å². The quantitative estimate of drug-likeness (QED) is 0.753. The summed E-state index contributed by atoms with van der Waals surface area (Å²) in [4.78, 5) is 14.2. The first-order valence-corrected chi connectivity index (χ1v) is 10.1. The van der Waals surface area contributed by atoms with Crippen LogP contribution in [0.5, 0.6) is 5.75 Å². The molecule has 7 heteroatoms. The molecule has 2 rings (SSSR count). The molecule has 6 nitrogen and oxygen atoms in total. The van der Waals surface area contributed by atoms with Crippen molar-refractivity contribution in [2.24, 2.45) is 0 Å². The molecular weight excluding hydrogens is 352 g/mol. The van der Waals surface area contributed by atoms with Gasteiger partial charge in [-0.1, -0.05) is 42.5 Å². The molecule has 0 aliphatic carbocycles. The number of hydrogen-bond donors (Lipinski definition) is 1. The van der Waals surface area contributed by atoms with Crippen molar-refractivity contribution in [1.82, 2.24) is 10.2 Å². The number of nitrogens with zero attached hydrogens (tertiary/aromatic N) is 1. The van der Waals surface area contributed by atoms with E-state index < -0.39 is 10.1 Å². The molecule has 26 heavy (non-hydrogen) atoms. The largest absolute Gasteiger partial charge is 0.383 e. The lowest BCUT2D eigenvalue weighted by Gasteiger charge is -2.27. The molecular formula is C19H24N2O4S. The number of rotatable bonds is 7. The maximum Gasteiger partial charge on any atom is 0.318 e. The first kappa shape index (κ1) is 19.8. The van der Waals surface area contributed by atoms with Crippen LogP contribution in [0.4, 0.5) is 4.79 Å². The third-order valence-corrected chi connectivity index (χ3v) is 4.16. The SMILES string of the molecule is CC(C)N(Cc1cccc(OS(C)(=O)=O)c1)C(=O)NCc1ccccc1. The van der Waals surface area contributed by atoms with E-state index in [1.807, 2.05) is 50.2 Å². The topological polar surface area (TPSA) is 75.7 Å². The summed E-state index contributed by atoms with van der Waals surface area (Å²) in [6.07, 6.45) is 0.997. The standard InChI is InChI=1S/C19H24N2O4S/c1-15(2)21(19(22)20-13-16-8-5-4-6-9-16)14-17-10-7-11-18(12-17)25-26(3,23)24/h4-12,15H,13-14H2,1-3H3,(H,20,22). The summed E-state index contributed by atoms with van der Waals surface area (Å²) >= 11 is 0. The fourth-order valence-electron chi connectivity index (χ4n) is 2.43. The van der Waals surface area contributed by atoms with E-state index in [1.54, 1.807) is 23.1 Å². The highest BCUT2D eigenvalue weighted by Crippen LogP contribution is 2.17. The number of benzene rings is 2. The molecule has 0 unspecified atom stereocenters. The Bertz CT molecular complexity index is 836. The van der Waals surface area contributed by atoms with Crippen molar-refractivity contribution >= 4 is 16.1 Å². The van der Waals surface area contributed by atoms with Gasteiger partial charge in [-0.05, 0) is 37.1 Å². The smallest absolute Gasteiger partial charge is 0.318 e.